The van der Waals surface area contributed by atoms with Gasteiger partial charge in [-0.25, -0.2) is 0 Å². The van der Waals surface area contributed by atoms with Gasteiger partial charge in [-0.3, -0.25) is 4.79 Å². The number of hydrogen-bond donors (Lipinski definition) is 2. The molecule has 1 amide bonds. The smallest absolute Gasteiger partial charge is 0.226 e. The maximum absolute atomic E-state index is 11.8. The van der Waals surface area contributed by atoms with Crippen LogP contribution in [0.2, 0.25) is 0 Å². The Morgan fingerprint density at radius 1 is 1.05 bits per heavy atom. The molecule has 1 saturated carbocycles. The first-order valence-electron chi connectivity index (χ1n) is 8.12. The third kappa shape index (κ3) is 5.08. The molecule has 0 radical (unpaired) electrons. The first kappa shape index (κ1) is 17.5. The first-order valence-corrected chi connectivity index (χ1v) is 8.12. The fourth-order valence-corrected chi connectivity index (χ4v) is 3.19. The summed E-state index contributed by atoms with van der Waals surface area (Å²) in [4.78, 5) is 11.8. The lowest BCUT2D eigenvalue weighted by molar-refractivity contribution is -0.128. The molecule has 0 aromatic carbocycles. The molecule has 2 N–H and O–H groups in total. The molecule has 1 aliphatic carbocycles. The normalized spacial score (nSPS) is 25.1. The number of nitrogens with one attached hydrogen (secondary N) is 2. The van der Waals surface area contributed by atoms with Gasteiger partial charge in [0.2, 0.25) is 5.91 Å². The van der Waals surface area contributed by atoms with Crippen LogP contribution in [0.1, 0.15) is 66.7 Å². The lowest BCUT2D eigenvalue weighted by Gasteiger charge is -2.30. The lowest BCUT2D eigenvalue weighted by atomic mass is 9.76. The minimum Gasteiger partial charge on any atom is -0.359 e. The van der Waals surface area contributed by atoms with Crippen LogP contribution in [0.5, 0.6) is 0 Å². The van der Waals surface area contributed by atoms with Crippen molar-refractivity contribution in [2.45, 2.75) is 72.8 Å². The Hall–Kier alpha value is -0.570. The summed E-state index contributed by atoms with van der Waals surface area (Å²) in [5.41, 5.74) is 0.0980. The number of amides is 1. The van der Waals surface area contributed by atoms with Crippen molar-refractivity contribution in [3.05, 3.63) is 0 Å². The molecule has 0 aromatic rings. The van der Waals surface area contributed by atoms with E-state index in [-0.39, 0.29) is 11.3 Å². The van der Waals surface area contributed by atoms with Crippen molar-refractivity contribution in [1.82, 2.24) is 10.6 Å². The molecule has 0 aliphatic heterocycles. The summed E-state index contributed by atoms with van der Waals surface area (Å²) in [6.45, 7) is 11.9. The molecule has 1 fully saturated rings. The molecule has 0 aromatic heterocycles. The molecule has 3 nitrogen and oxygen atoms in total. The van der Waals surface area contributed by atoms with E-state index in [9.17, 15) is 4.79 Å². The van der Waals surface area contributed by atoms with Crippen LogP contribution in [0.25, 0.3) is 0 Å². The van der Waals surface area contributed by atoms with Crippen molar-refractivity contribution in [1.29, 1.82) is 0 Å². The average molecular weight is 282 g/mol. The number of hydrogen-bond acceptors (Lipinski definition) is 2. The third-order valence-corrected chi connectivity index (χ3v) is 4.87. The summed E-state index contributed by atoms with van der Waals surface area (Å²) in [6, 6.07) is 0.575. The van der Waals surface area contributed by atoms with Crippen molar-refractivity contribution >= 4 is 5.91 Å². The van der Waals surface area contributed by atoms with Crippen molar-refractivity contribution < 1.29 is 4.79 Å². The van der Waals surface area contributed by atoms with Gasteiger partial charge in [0, 0.05) is 19.6 Å². The molecule has 0 bridgehead atoms. The van der Waals surface area contributed by atoms with Crippen LogP contribution in [-0.4, -0.2) is 25.5 Å². The standard InChI is InChI=1S/C17H34N2O/c1-16(2,3)13-8-7-9-14(11-10-13)19-12-17(4,5)15(20)18-6/h13-14,19H,7-12H2,1-6H3,(H,18,20). The lowest BCUT2D eigenvalue weighted by Crippen LogP contribution is -2.45. The Morgan fingerprint density at radius 3 is 2.25 bits per heavy atom. The minimum atomic E-state index is -0.329. The third-order valence-electron chi connectivity index (χ3n) is 4.87. The van der Waals surface area contributed by atoms with Gasteiger partial charge in [-0.1, -0.05) is 27.2 Å². The van der Waals surface area contributed by atoms with Gasteiger partial charge in [0.05, 0.1) is 5.41 Å². The SMILES string of the molecule is CNC(=O)C(C)(C)CNC1CCCC(C(C)(C)C)CC1. The second-order valence-electron chi connectivity index (χ2n) is 8.11. The van der Waals surface area contributed by atoms with E-state index in [2.05, 4.69) is 31.4 Å². The van der Waals surface area contributed by atoms with E-state index in [1.807, 2.05) is 13.8 Å². The Bertz CT molecular complexity index is 317. The fourth-order valence-electron chi connectivity index (χ4n) is 3.19. The highest BCUT2D eigenvalue weighted by Gasteiger charge is 2.30. The first-order chi connectivity index (χ1) is 9.16. The topological polar surface area (TPSA) is 41.1 Å². The molecule has 1 aliphatic rings. The van der Waals surface area contributed by atoms with E-state index in [4.69, 9.17) is 0 Å². The van der Waals surface area contributed by atoms with Gasteiger partial charge in [0.1, 0.15) is 0 Å². The molecular formula is C17H34N2O. The van der Waals surface area contributed by atoms with Gasteiger partial charge in [0.15, 0.2) is 0 Å². The van der Waals surface area contributed by atoms with Crippen LogP contribution in [0, 0.1) is 16.7 Å². The highest BCUT2D eigenvalue weighted by atomic mass is 16.2. The quantitative estimate of drug-likeness (QED) is 0.776. The highest BCUT2D eigenvalue weighted by Crippen LogP contribution is 2.36. The Labute approximate surface area is 125 Å². The van der Waals surface area contributed by atoms with E-state index in [1.54, 1.807) is 7.05 Å². The Balaban J connectivity index is 2.45. The molecule has 2 atom stereocenters. The Morgan fingerprint density at radius 2 is 1.70 bits per heavy atom. The summed E-state index contributed by atoms with van der Waals surface area (Å²) in [5, 5.41) is 6.38. The van der Waals surface area contributed by atoms with E-state index >= 15 is 0 Å². The maximum atomic E-state index is 11.8. The predicted molar refractivity (Wildman–Crippen MR) is 85.7 cm³/mol. The maximum Gasteiger partial charge on any atom is 0.226 e. The van der Waals surface area contributed by atoms with Crippen LogP contribution in [0.15, 0.2) is 0 Å². The van der Waals surface area contributed by atoms with Crippen molar-refractivity contribution in [3.63, 3.8) is 0 Å². The van der Waals surface area contributed by atoms with Gasteiger partial charge in [0.25, 0.3) is 0 Å². The summed E-state index contributed by atoms with van der Waals surface area (Å²) in [6.07, 6.45) is 6.45. The summed E-state index contributed by atoms with van der Waals surface area (Å²) in [5.74, 6) is 0.951. The molecule has 2 unspecified atom stereocenters. The molecule has 0 saturated heterocycles. The van der Waals surface area contributed by atoms with Crippen LogP contribution in [0.3, 0.4) is 0 Å². The van der Waals surface area contributed by atoms with E-state index < -0.39 is 0 Å². The summed E-state index contributed by atoms with van der Waals surface area (Å²) < 4.78 is 0. The molecule has 0 heterocycles. The monoisotopic (exact) mass is 282 g/mol. The van der Waals surface area contributed by atoms with Gasteiger partial charge in [-0.05, 0) is 50.9 Å². The zero-order valence-electron chi connectivity index (χ0n) is 14.3. The van der Waals surface area contributed by atoms with Gasteiger partial charge in [-0.15, -0.1) is 0 Å². The van der Waals surface area contributed by atoms with Gasteiger partial charge in [-0.2, -0.15) is 0 Å². The van der Waals surface area contributed by atoms with E-state index in [1.165, 1.54) is 32.1 Å². The van der Waals surface area contributed by atoms with E-state index in [0.717, 1.165) is 12.5 Å². The van der Waals surface area contributed by atoms with Crippen LogP contribution in [0.4, 0.5) is 0 Å². The van der Waals surface area contributed by atoms with Crippen molar-refractivity contribution in [2.75, 3.05) is 13.6 Å². The van der Waals surface area contributed by atoms with Crippen molar-refractivity contribution in [2.24, 2.45) is 16.7 Å². The molecule has 118 valence electrons. The van der Waals surface area contributed by atoms with Crippen LogP contribution < -0.4 is 10.6 Å². The van der Waals surface area contributed by atoms with Gasteiger partial charge < -0.3 is 10.6 Å². The Kier molecular flexibility index (Phi) is 6.06. The number of carbonyl (C=O) groups is 1. The summed E-state index contributed by atoms with van der Waals surface area (Å²) >= 11 is 0. The molecular weight excluding hydrogens is 248 g/mol. The number of rotatable bonds is 4. The van der Waals surface area contributed by atoms with Crippen molar-refractivity contribution in [3.8, 4) is 0 Å². The minimum absolute atomic E-state index is 0.117. The molecule has 3 heteroatoms. The average Bonchev–Trinajstić information content (AvgIpc) is 2.60. The molecule has 0 spiro atoms. The predicted octanol–water partition coefficient (Wildman–Crippen LogP) is 3.34. The highest BCUT2D eigenvalue weighted by molar-refractivity contribution is 5.81. The second-order valence-corrected chi connectivity index (χ2v) is 8.11. The summed E-state index contributed by atoms with van der Waals surface area (Å²) in [7, 11) is 1.71. The van der Waals surface area contributed by atoms with Gasteiger partial charge >= 0.3 is 0 Å². The zero-order valence-corrected chi connectivity index (χ0v) is 14.3. The largest absolute Gasteiger partial charge is 0.359 e. The van der Waals surface area contributed by atoms with Crippen LogP contribution >= 0.6 is 0 Å². The van der Waals surface area contributed by atoms with E-state index in [0.29, 0.717) is 11.5 Å². The number of carbonyl (C=O) groups excluding carboxylic acids is 1. The fraction of sp³-hybridized carbons (Fsp3) is 0.941. The zero-order chi connectivity index (χ0) is 15.4. The second kappa shape index (κ2) is 6.93. The van der Waals surface area contributed by atoms with Crippen LogP contribution in [-0.2, 0) is 4.79 Å². The molecule has 20 heavy (non-hydrogen) atoms. The molecule has 1 rings (SSSR count).